The predicted octanol–water partition coefficient (Wildman–Crippen LogP) is 3.52. The molecule has 1 heterocycles. The van der Waals surface area contributed by atoms with Gasteiger partial charge < -0.3 is 14.8 Å². The van der Waals surface area contributed by atoms with E-state index in [0.717, 1.165) is 5.56 Å². The van der Waals surface area contributed by atoms with E-state index in [-0.39, 0.29) is 29.5 Å². The van der Waals surface area contributed by atoms with Crippen LogP contribution in [0.1, 0.15) is 12.0 Å². The van der Waals surface area contributed by atoms with Crippen LogP contribution in [0.4, 0.5) is 17.1 Å². The highest BCUT2D eigenvalue weighted by Gasteiger charge is 2.39. The van der Waals surface area contributed by atoms with E-state index in [9.17, 15) is 19.7 Å². The van der Waals surface area contributed by atoms with Gasteiger partial charge in [0.05, 0.1) is 42.6 Å². The second kappa shape index (κ2) is 10.9. The zero-order valence-corrected chi connectivity index (χ0v) is 19.3. The van der Waals surface area contributed by atoms with Crippen LogP contribution in [0.2, 0.25) is 0 Å². The number of aryl methyl sites for hydroxylation is 1. The number of aliphatic imine (C=N–C) groups is 1. The maximum Gasteiger partial charge on any atom is 0.273 e. The number of anilines is 1. The first-order chi connectivity index (χ1) is 15.8. The highest BCUT2D eigenvalue weighted by molar-refractivity contribution is 8.15. The molecule has 0 bridgehead atoms. The van der Waals surface area contributed by atoms with Crippen LogP contribution >= 0.6 is 11.8 Å². The number of hydrogen-bond acceptors (Lipinski definition) is 8. The molecule has 1 aliphatic rings. The van der Waals surface area contributed by atoms with Gasteiger partial charge in [0.15, 0.2) is 5.17 Å². The molecule has 1 fully saturated rings. The van der Waals surface area contributed by atoms with Gasteiger partial charge in [0.2, 0.25) is 11.8 Å². The van der Waals surface area contributed by atoms with E-state index < -0.39 is 16.1 Å². The molecule has 1 unspecified atom stereocenters. The quantitative estimate of drug-likeness (QED) is 0.437. The Morgan fingerprint density at radius 1 is 1.24 bits per heavy atom. The number of thioether (sulfide) groups is 1. The minimum atomic E-state index is -0.657. The zero-order valence-electron chi connectivity index (χ0n) is 18.4. The Bertz CT molecular complexity index is 1070. The predicted molar refractivity (Wildman–Crippen MR) is 126 cm³/mol. The van der Waals surface area contributed by atoms with Crippen molar-refractivity contribution >= 4 is 45.8 Å². The number of nitrogens with one attached hydrogen (secondary N) is 1. The Kier molecular flexibility index (Phi) is 8.01. The Hall–Kier alpha value is -3.44. The maximum absolute atomic E-state index is 13.0. The Labute approximate surface area is 195 Å². The maximum atomic E-state index is 13.0. The fourth-order valence-electron chi connectivity index (χ4n) is 3.11. The summed E-state index contributed by atoms with van der Waals surface area (Å²) in [6, 6.07) is 11.5. The molecule has 3 rings (SSSR count). The summed E-state index contributed by atoms with van der Waals surface area (Å²) in [5.74, 6) is -0.490. The first kappa shape index (κ1) is 24.2. The topological polar surface area (TPSA) is 123 Å². The third-order valence-corrected chi connectivity index (χ3v) is 6.01. The van der Waals surface area contributed by atoms with E-state index in [0.29, 0.717) is 24.0 Å². The first-order valence-corrected chi connectivity index (χ1v) is 10.9. The number of nitro groups is 1. The number of ether oxygens (including phenoxy) is 2. The van der Waals surface area contributed by atoms with Gasteiger partial charge in [-0.25, -0.2) is 4.99 Å². The van der Waals surface area contributed by atoms with Gasteiger partial charge in [-0.3, -0.25) is 24.6 Å². The Morgan fingerprint density at radius 2 is 1.97 bits per heavy atom. The van der Waals surface area contributed by atoms with E-state index in [1.807, 2.05) is 31.2 Å². The summed E-state index contributed by atoms with van der Waals surface area (Å²) in [5, 5.41) is 13.5. The van der Waals surface area contributed by atoms with E-state index in [1.165, 1.54) is 42.0 Å². The van der Waals surface area contributed by atoms with Crippen LogP contribution in [0.3, 0.4) is 0 Å². The van der Waals surface area contributed by atoms with Crippen molar-refractivity contribution in [2.45, 2.75) is 18.6 Å². The molecule has 0 spiro atoms. The largest absolute Gasteiger partial charge is 0.494 e. The van der Waals surface area contributed by atoms with Crippen molar-refractivity contribution in [3.8, 4) is 5.75 Å². The molecular formula is C22H24N4O6S. The van der Waals surface area contributed by atoms with Crippen molar-refractivity contribution in [1.82, 2.24) is 4.90 Å². The van der Waals surface area contributed by atoms with Crippen LogP contribution in [0.15, 0.2) is 47.5 Å². The lowest BCUT2D eigenvalue weighted by Crippen LogP contribution is -2.35. The van der Waals surface area contributed by atoms with E-state index in [4.69, 9.17) is 9.47 Å². The van der Waals surface area contributed by atoms with Crippen LogP contribution in [0, 0.1) is 17.0 Å². The number of methoxy groups -OCH3 is 2. The average molecular weight is 473 g/mol. The van der Waals surface area contributed by atoms with Crippen LogP contribution < -0.4 is 10.1 Å². The molecule has 1 atom stereocenters. The molecule has 11 heteroatoms. The normalized spacial score (nSPS) is 16.8. The molecule has 2 amide bonds. The second-order valence-electron chi connectivity index (χ2n) is 7.21. The minimum absolute atomic E-state index is 0.0972. The molecule has 1 aliphatic heterocycles. The molecule has 0 aliphatic carbocycles. The molecular weight excluding hydrogens is 448 g/mol. The lowest BCUT2D eigenvalue weighted by atomic mass is 10.2. The van der Waals surface area contributed by atoms with E-state index in [2.05, 4.69) is 10.3 Å². The molecule has 1 saturated heterocycles. The van der Waals surface area contributed by atoms with Gasteiger partial charge in [-0.1, -0.05) is 29.5 Å². The van der Waals surface area contributed by atoms with Gasteiger partial charge in [-0.2, -0.15) is 0 Å². The number of amides is 2. The van der Waals surface area contributed by atoms with Crippen molar-refractivity contribution in [2.75, 3.05) is 32.7 Å². The van der Waals surface area contributed by atoms with Crippen LogP contribution in [-0.2, 0) is 14.3 Å². The van der Waals surface area contributed by atoms with Gasteiger partial charge in [0, 0.05) is 19.6 Å². The average Bonchev–Trinajstić information content (AvgIpc) is 3.07. The summed E-state index contributed by atoms with van der Waals surface area (Å²) >= 11 is 1.22. The second-order valence-corrected chi connectivity index (χ2v) is 8.38. The third kappa shape index (κ3) is 6.08. The number of nitrogens with zero attached hydrogens (tertiary/aromatic N) is 3. The van der Waals surface area contributed by atoms with E-state index >= 15 is 0 Å². The number of hydrogen-bond donors (Lipinski definition) is 1. The van der Waals surface area contributed by atoms with Crippen LogP contribution in [0.25, 0.3) is 0 Å². The number of rotatable bonds is 9. The molecule has 33 heavy (non-hydrogen) atoms. The standard InChI is InChI=1S/C22H24N4O6S/c1-14-4-6-15(7-5-14)23-22-25(10-11-31-2)21(28)19(33-22)13-20(27)24-17-9-8-16(26(29)30)12-18(17)32-3/h4-9,12,19H,10-11,13H2,1-3H3,(H,24,27). The van der Waals surface area contributed by atoms with Crippen molar-refractivity contribution in [2.24, 2.45) is 4.99 Å². The number of carbonyl (C=O) groups excluding carboxylic acids is 2. The zero-order chi connectivity index (χ0) is 24.0. The van der Waals surface area contributed by atoms with Gasteiger partial charge in [-0.05, 0) is 25.1 Å². The van der Waals surface area contributed by atoms with Gasteiger partial charge in [0.25, 0.3) is 5.69 Å². The summed E-state index contributed by atoms with van der Waals surface area (Å²) in [5.41, 5.74) is 1.94. The minimum Gasteiger partial charge on any atom is -0.494 e. The number of amidine groups is 1. The molecule has 2 aromatic rings. The van der Waals surface area contributed by atoms with Gasteiger partial charge in [0.1, 0.15) is 11.0 Å². The number of carbonyl (C=O) groups is 2. The van der Waals surface area contributed by atoms with E-state index in [1.54, 1.807) is 7.11 Å². The summed E-state index contributed by atoms with van der Waals surface area (Å²) in [6.07, 6.45) is -0.0972. The summed E-state index contributed by atoms with van der Waals surface area (Å²) < 4.78 is 10.3. The smallest absolute Gasteiger partial charge is 0.273 e. The first-order valence-electron chi connectivity index (χ1n) is 10.1. The lowest BCUT2D eigenvalue weighted by molar-refractivity contribution is -0.384. The van der Waals surface area contributed by atoms with Crippen molar-refractivity contribution in [1.29, 1.82) is 0 Å². The third-order valence-electron chi connectivity index (χ3n) is 4.84. The monoisotopic (exact) mass is 472 g/mol. The number of benzene rings is 2. The molecule has 174 valence electrons. The Balaban J connectivity index is 1.74. The SMILES string of the molecule is COCCN1C(=O)C(CC(=O)Nc2ccc([N+](=O)[O-])cc2OC)SC1=Nc1ccc(C)cc1. The Morgan fingerprint density at radius 3 is 2.61 bits per heavy atom. The van der Waals surface area contributed by atoms with Crippen molar-refractivity contribution in [3.63, 3.8) is 0 Å². The number of non-ortho nitro benzene ring substituents is 1. The lowest BCUT2D eigenvalue weighted by Gasteiger charge is -2.16. The molecule has 2 aromatic carbocycles. The van der Waals surface area contributed by atoms with Crippen molar-refractivity contribution in [3.05, 3.63) is 58.1 Å². The highest BCUT2D eigenvalue weighted by atomic mass is 32.2. The summed E-state index contributed by atoms with van der Waals surface area (Å²) in [4.78, 5) is 42.2. The number of nitro benzene ring substituents is 1. The molecule has 0 aromatic heterocycles. The van der Waals surface area contributed by atoms with Gasteiger partial charge >= 0.3 is 0 Å². The molecule has 0 radical (unpaired) electrons. The molecule has 10 nitrogen and oxygen atoms in total. The van der Waals surface area contributed by atoms with Crippen LogP contribution in [-0.4, -0.2) is 59.4 Å². The molecule has 0 saturated carbocycles. The summed E-state index contributed by atoms with van der Waals surface area (Å²) in [7, 11) is 2.90. The fraction of sp³-hybridized carbons (Fsp3) is 0.318. The van der Waals surface area contributed by atoms with Crippen LogP contribution in [0.5, 0.6) is 5.75 Å². The van der Waals surface area contributed by atoms with Gasteiger partial charge in [-0.15, -0.1) is 0 Å². The van der Waals surface area contributed by atoms with Crippen molar-refractivity contribution < 1.29 is 24.0 Å². The highest BCUT2D eigenvalue weighted by Crippen LogP contribution is 2.33. The fourth-order valence-corrected chi connectivity index (χ4v) is 4.29. The molecule has 1 N–H and O–H groups in total. The summed E-state index contributed by atoms with van der Waals surface area (Å²) in [6.45, 7) is 2.63.